The smallest absolute Gasteiger partial charge is 0.225 e. The van der Waals surface area contributed by atoms with Gasteiger partial charge in [-0.3, -0.25) is 9.97 Å². The van der Waals surface area contributed by atoms with Crippen LogP contribution < -0.4 is 4.90 Å². The summed E-state index contributed by atoms with van der Waals surface area (Å²) >= 11 is 0. The predicted molar refractivity (Wildman–Crippen MR) is 108 cm³/mol. The van der Waals surface area contributed by atoms with E-state index in [1.165, 1.54) is 6.42 Å². The van der Waals surface area contributed by atoms with E-state index in [1.807, 2.05) is 20.0 Å². The van der Waals surface area contributed by atoms with Crippen molar-refractivity contribution >= 4 is 5.95 Å². The van der Waals surface area contributed by atoms with E-state index in [4.69, 9.17) is 9.51 Å². The molecule has 0 aliphatic carbocycles. The predicted octanol–water partition coefficient (Wildman–Crippen LogP) is 4.00. The summed E-state index contributed by atoms with van der Waals surface area (Å²) in [5.41, 5.74) is 5.10. The van der Waals surface area contributed by atoms with Crippen molar-refractivity contribution < 1.29 is 4.52 Å². The van der Waals surface area contributed by atoms with Crippen LogP contribution in [-0.4, -0.2) is 38.2 Å². The molecule has 28 heavy (non-hydrogen) atoms. The highest BCUT2D eigenvalue weighted by Gasteiger charge is 2.24. The molecule has 3 aromatic heterocycles. The van der Waals surface area contributed by atoms with E-state index in [1.54, 1.807) is 12.4 Å². The first kappa shape index (κ1) is 18.5. The Bertz CT molecular complexity index is 966. The Hall–Kier alpha value is -2.83. The summed E-state index contributed by atoms with van der Waals surface area (Å²) in [5, 5.41) is 4.16. The number of piperidine rings is 1. The van der Waals surface area contributed by atoms with Gasteiger partial charge in [-0.1, -0.05) is 19.0 Å². The molecule has 4 heterocycles. The number of aryl methyl sites for hydroxylation is 2. The van der Waals surface area contributed by atoms with E-state index in [0.29, 0.717) is 11.6 Å². The van der Waals surface area contributed by atoms with Crippen molar-refractivity contribution in [2.45, 2.75) is 47.0 Å². The lowest BCUT2D eigenvalue weighted by molar-refractivity contribution is 0.426. The second-order valence-electron chi connectivity index (χ2n) is 7.60. The van der Waals surface area contributed by atoms with Gasteiger partial charge in [0.2, 0.25) is 5.95 Å². The van der Waals surface area contributed by atoms with Gasteiger partial charge in [-0.25, -0.2) is 9.97 Å². The van der Waals surface area contributed by atoms with Gasteiger partial charge in [0.05, 0.1) is 23.1 Å². The first-order valence-corrected chi connectivity index (χ1v) is 9.93. The topological polar surface area (TPSA) is 80.8 Å². The van der Waals surface area contributed by atoms with Crippen LogP contribution in [0.3, 0.4) is 0 Å². The number of aromatic nitrogens is 5. The van der Waals surface area contributed by atoms with Crippen LogP contribution in [0.15, 0.2) is 23.1 Å². The lowest BCUT2D eigenvalue weighted by Crippen LogP contribution is -2.35. The molecule has 0 radical (unpaired) electrons. The molecule has 3 aromatic rings. The second-order valence-corrected chi connectivity index (χ2v) is 7.60. The average Bonchev–Trinajstić information content (AvgIpc) is 3.08. The largest absolute Gasteiger partial charge is 0.356 e. The Morgan fingerprint density at radius 3 is 2.71 bits per heavy atom. The summed E-state index contributed by atoms with van der Waals surface area (Å²) in [6.07, 6.45) is 8.61. The molecule has 0 aromatic carbocycles. The van der Waals surface area contributed by atoms with Gasteiger partial charge in [0.1, 0.15) is 11.4 Å². The number of hydrogen-bond donors (Lipinski definition) is 0. The van der Waals surface area contributed by atoms with E-state index < -0.39 is 0 Å². The van der Waals surface area contributed by atoms with Crippen LogP contribution in [0.4, 0.5) is 5.95 Å². The van der Waals surface area contributed by atoms with Crippen molar-refractivity contribution in [1.82, 2.24) is 25.1 Å². The maximum Gasteiger partial charge on any atom is 0.225 e. The molecule has 0 N–H and O–H groups in total. The molecule has 0 saturated carbocycles. The molecule has 0 amide bonds. The van der Waals surface area contributed by atoms with E-state index in [2.05, 4.69) is 38.9 Å². The Morgan fingerprint density at radius 1 is 1.14 bits per heavy atom. The lowest BCUT2D eigenvalue weighted by atomic mass is 10.0. The van der Waals surface area contributed by atoms with Crippen molar-refractivity contribution in [3.63, 3.8) is 0 Å². The fourth-order valence-electron chi connectivity index (χ4n) is 3.79. The third kappa shape index (κ3) is 3.48. The maximum absolute atomic E-state index is 5.67. The van der Waals surface area contributed by atoms with Crippen LogP contribution in [-0.2, 0) is 6.42 Å². The summed E-state index contributed by atoms with van der Waals surface area (Å²) in [6.45, 7) is 10.2. The van der Waals surface area contributed by atoms with Crippen LogP contribution in [0.25, 0.3) is 22.7 Å². The summed E-state index contributed by atoms with van der Waals surface area (Å²) in [6, 6.07) is 0. The van der Waals surface area contributed by atoms with Crippen molar-refractivity contribution in [1.29, 1.82) is 0 Å². The SMILES string of the molecule is CCc1c(C)noc1-c1cnc(N2CCCC(C)C2)nc1-c1cnc(C)cn1. The molecule has 0 bridgehead atoms. The summed E-state index contributed by atoms with van der Waals surface area (Å²) in [5.74, 6) is 2.10. The van der Waals surface area contributed by atoms with Crippen molar-refractivity contribution in [2.24, 2.45) is 5.92 Å². The molecular weight excluding hydrogens is 352 g/mol. The molecule has 1 atom stereocenters. The molecule has 1 fully saturated rings. The van der Waals surface area contributed by atoms with E-state index in [-0.39, 0.29) is 0 Å². The van der Waals surface area contributed by atoms with Gasteiger partial charge in [-0.2, -0.15) is 0 Å². The molecule has 1 saturated heterocycles. The average molecular weight is 378 g/mol. The molecule has 1 aliphatic rings. The van der Waals surface area contributed by atoms with Crippen LogP contribution in [0, 0.1) is 19.8 Å². The molecule has 7 nitrogen and oxygen atoms in total. The van der Waals surface area contributed by atoms with Gasteiger partial charge >= 0.3 is 0 Å². The minimum Gasteiger partial charge on any atom is -0.356 e. The zero-order valence-electron chi connectivity index (χ0n) is 16.9. The van der Waals surface area contributed by atoms with Crippen molar-refractivity contribution in [2.75, 3.05) is 18.0 Å². The lowest BCUT2D eigenvalue weighted by Gasteiger charge is -2.31. The fraction of sp³-hybridized carbons (Fsp3) is 0.476. The molecular formula is C21H26N6O. The Labute approximate surface area is 165 Å². The highest BCUT2D eigenvalue weighted by molar-refractivity contribution is 5.78. The Balaban J connectivity index is 1.84. The van der Waals surface area contributed by atoms with Gasteiger partial charge in [0, 0.05) is 31.0 Å². The van der Waals surface area contributed by atoms with Gasteiger partial charge in [0.25, 0.3) is 0 Å². The Morgan fingerprint density at radius 2 is 2.00 bits per heavy atom. The Kier molecular flexibility index (Phi) is 5.07. The van der Waals surface area contributed by atoms with Crippen LogP contribution >= 0.6 is 0 Å². The zero-order chi connectivity index (χ0) is 19.7. The second kappa shape index (κ2) is 7.66. The first-order valence-electron chi connectivity index (χ1n) is 9.93. The quantitative estimate of drug-likeness (QED) is 0.678. The minimum absolute atomic E-state index is 0.642. The maximum atomic E-state index is 5.67. The highest BCUT2D eigenvalue weighted by Crippen LogP contribution is 2.34. The van der Waals surface area contributed by atoms with Crippen LogP contribution in [0.2, 0.25) is 0 Å². The summed E-state index contributed by atoms with van der Waals surface area (Å²) in [7, 11) is 0. The number of nitrogens with zero attached hydrogens (tertiary/aromatic N) is 6. The molecule has 1 unspecified atom stereocenters. The third-order valence-electron chi connectivity index (χ3n) is 5.32. The zero-order valence-corrected chi connectivity index (χ0v) is 16.9. The normalized spacial score (nSPS) is 17.1. The number of rotatable bonds is 4. The van der Waals surface area contributed by atoms with Crippen molar-refractivity contribution in [3.8, 4) is 22.7 Å². The highest BCUT2D eigenvalue weighted by atomic mass is 16.5. The monoisotopic (exact) mass is 378 g/mol. The first-order chi connectivity index (χ1) is 13.6. The van der Waals surface area contributed by atoms with Crippen molar-refractivity contribution in [3.05, 3.63) is 35.5 Å². The minimum atomic E-state index is 0.642. The van der Waals surface area contributed by atoms with Gasteiger partial charge in [-0.05, 0) is 39.0 Å². The number of hydrogen-bond acceptors (Lipinski definition) is 7. The molecule has 146 valence electrons. The van der Waals surface area contributed by atoms with Gasteiger partial charge < -0.3 is 9.42 Å². The van der Waals surface area contributed by atoms with E-state index >= 15 is 0 Å². The summed E-state index contributed by atoms with van der Waals surface area (Å²) < 4.78 is 5.67. The fourth-order valence-corrected chi connectivity index (χ4v) is 3.79. The van der Waals surface area contributed by atoms with Crippen LogP contribution in [0.1, 0.15) is 43.6 Å². The van der Waals surface area contributed by atoms with Crippen LogP contribution in [0.5, 0.6) is 0 Å². The van der Waals surface area contributed by atoms with E-state index in [0.717, 1.165) is 65.8 Å². The van der Waals surface area contributed by atoms with Gasteiger partial charge in [-0.15, -0.1) is 0 Å². The standard InChI is InChI=1S/C21H26N6O/c1-5-16-15(4)26-28-20(16)17-10-24-21(27-8-6-7-13(2)12-27)25-19(17)18-11-22-14(3)9-23-18/h9-11,13H,5-8,12H2,1-4H3. The molecule has 0 spiro atoms. The summed E-state index contributed by atoms with van der Waals surface area (Å²) in [4.78, 5) is 20.8. The third-order valence-corrected chi connectivity index (χ3v) is 5.32. The molecule has 1 aliphatic heterocycles. The molecule has 7 heteroatoms. The van der Waals surface area contributed by atoms with Gasteiger partial charge in [0.15, 0.2) is 5.76 Å². The number of anilines is 1. The molecule has 4 rings (SSSR count). The van der Waals surface area contributed by atoms with E-state index in [9.17, 15) is 0 Å².